The lowest BCUT2D eigenvalue weighted by molar-refractivity contribution is -0.302. The Hall–Kier alpha value is -1.16. The zero-order chi connectivity index (χ0) is 9.56. The number of phenolic OH excluding ortho intramolecular Hbond substituents is 1. The average Bonchev–Trinajstić information content (AvgIpc) is 1.94. The van der Waals surface area contributed by atoms with E-state index in [2.05, 4.69) is 12.6 Å². The van der Waals surface area contributed by atoms with Crippen LogP contribution in [0.2, 0.25) is 0 Å². The summed E-state index contributed by atoms with van der Waals surface area (Å²) in [4.78, 5) is 9.86. The molecular weight excluding hydrogens is 176 g/mol. The number of carboxylic acids is 1. The number of carbonyl (C=O) groups excluding carboxylic acids is 1. The van der Waals surface area contributed by atoms with Gasteiger partial charge in [-0.1, -0.05) is 0 Å². The Morgan fingerprint density at radius 1 is 1.42 bits per heavy atom. The van der Waals surface area contributed by atoms with Crippen molar-refractivity contribution < 1.29 is 15.0 Å². The van der Waals surface area contributed by atoms with Crippen LogP contribution in [0.3, 0.4) is 0 Å². The predicted molar refractivity (Wildman–Crippen MR) is 47.2 cm³/mol. The third-order valence-electron chi connectivity index (χ3n) is 0.867. The largest absolute Gasteiger partial charge is 0.550 e. The maximum Gasteiger partial charge on any atom is 0.150 e. The lowest BCUT2D eigenvalue weighted by atomic mass is 10.3. The second-order valence-electron chi connectivity index (χ2n) is 2.04. The summed E-state index contributed by atoms with van der Waals surface area (Å²) >= 11 is 3.28. The molecule has 0 aliphatic carbocycles. The minimum absolute atomic E-state index is 0.298. The number of carboxylic acid groups (broad SMARTS) is 1. The predicted octanol–water partition coefficient (Wildman–Crippen LogP) is -0.481. The molecule has 0 aromatic heterocycles. The van der Waals surface area contributed by atoms with E-state index in [1.807, 2.05) is 0 Å². The fourth-order valence-corrected chi connectivity index (χ4v) is 0.628. The van der Waals surface area contributed by atoms with Crippen LogP contribution in [0.5, 0.6) is 5.75 Å². The summed E-state index contributed by atoms with van der Waals surface area (Å²) in [6.45, 7) is 0.972. The van der Waals surface area contributed by atoms with Gasteiger partial charge in [-0.25, -0.2) is 0 Å². The van der Waals surface area contributed by atoms with Crippen LogP contribution in [0.15, 0.2) is 29.2 Å². The van der Waals surface area contributed by atoms with E-state index in [0.29, 0.717) is 5.75 Å². The highest BCUT2D eigenvalue weighted by molar-refractivity contribution is 7.58. The van der Waals surface area contributed by atoms with Gasteiger partial charge < -0.3 is 15.0 Å². The Balaban J connectivity index is 0.000000261. The van der Waals surface area contributed by atoms with E-state index in [0.717, 1.165) is 11.8 Å². The molecular formula is C8H10O3S. The van der Waals surface area contributed by atoms with E-state index < -0.39 is 5.97 Å². The van der Waals surface area contributed by atoms with E-state index >= 15 is 0 Å². The van der Waals surface area contributed by atoms with Gasteiger partial charge in [0.1, 0.15) is 5.75 Å². The standard InChI is InChI=1S/C6H6OS.C2H4O2/c7-5-1-3-6(8)4-2-5;1-2(3)4/h1-4,7-8H;1H3,(H,3,4). The summed E-state index contributed by atoms with van der Waals surface area (Å²) in [5.74, 6) is -0.785. The van der Waals surface area contributed by atoms with Crippen LogP contribution in [0.4, 0.5) is 0 Å². The number of benzene rings is 1. The molecule has 66 valence electrons. The molecule has 12 heavy (non-hydrogen) atoms. The molecule has 4 heteroatoms. The molecule has 3 nitrogen and oxygen atoms in total. The minimum Gasteiger partial charge on any atom is -0.550 e. The van der Waals surface area contributed by atoms with Crippen molar-refractivity contribution in [2.24, 2.45) is 0 Å². The van der Waals surface area contributed by atoms with Gasteiger partial charge in [0.15, 0.2) is 4.90 Å². The Labute approximate surface area is 76.1 Å². The van der Waals surface area contributed by atoms with Crippen molar-refractivity contribution in [3.63, 3.8) is 0 Å². The second-order valence-corrected chi connectivity index (χ2v) is 2.62. The molecule has 0 aliphatic rings. The average molecular weight is 186 g/mol. The third-order valence-corrected chi connectivity index (χ3v) is 1.20. The highest BCUT2D eigenvalue weighted by atomic mass is 32.1. The molecule has 1 aromatic rings. The summed E-state index contributed by atoms with van der Waals surface area (Å²) < 4.78 is 0. The summed E-state index contributed by atoms with van der Waals surface area (Å²) in [5.41, 5.74) is 0. The number of phenols is 1. The smallest absolute Gasteiger partial charge is 0.150 e. The van der Waals surface area contributed by atoms with Crippen LogP contribution >= 0.6 is 0 Å². The molecule has 1 aromatic carbocycles. The van der Waals surface area contributed by atoms with E-state index in [1.54, 1.807) is 24.3 Å². The van der Waals surface area contributed by atoms with Gasteiger partial charge in [0.05, 0.1) is 0 Å². The van der Waals surface area contributed by atoms with Crippen molar-refractivity contribution in [1.82, 2.24) is 0 Å². The van der Waals surface area contributed by atoms with Crippen LogP contribution < -0.4 is 5.11 Å². The Morgan fingerprint density at radius 2 is 1.75 bits per heavy atom. The summed E-state index contributed by atoms with van der Waals surface area (Å²) in [6.07, 6.45) is 0. The first-order valence-electron chi connectivity index (χ1n) is 3.20. The first kappa shape index (κ1) is 10.8. The van der Waals surface area contributed by atoms with Crippen molar-refractivity contribution >= 4 is 18.6 Å². The number of aromatic hydroxyl groups is 1. The fourth-order valence-electron chi connectivity index (χ4n) is 0.461. The monoisotopic (exact) mass is 186 g/mol. The van der Waals surface area contributed by atoms with E-state index in [9.17, 15) is 0 Å². The molecule has 0 atom stereocenters. The molecule has 0 saturated heterocycles. The number of hydrogen-bond acceptors (Lipinski definition) is 3. The molecule has 0 fully saturated rings. The van der Waals surface area contributed by atoms with Gasteiger partial charge in [-0.15, -0.1) is 0 Å². The summed E-state index contributed by atoms with van der Waals surface area (Å²) in [6, 6.07) is 6.82. The maximum atomic E-state index is 8.89. The molecule has 0 unspecified atom stereocenters. The Bertz CT molecular complexity index is 218. The minimum atomic E-state index is -1.08. The first-order chi connectivity index (χ1) is 5.52. The van der Waals surface area contributed by atoms with E-state index in [4.69, 9.17) is 15.0 Å². The molecule has 0 spiro atoms. The maximum absolute atomic E-state index is 8.89. The summed E-state index contributed by atoms with van der Waals surface area (Å²) in [5, 5.41) is 17.6. The molecule has 0 aliphatic heterocycles. The van der Waals surface area contributed by atoms with Crippen LogP contribution in [-0.4, -0.2) is 11.1 Å². The van der Waals surface area contributed by atoms with E-state index in [-0.39, 0.29) is 0 Å². The number of hydrogen-bond donors (Lipinski definition) is 1. The van der Waals surface area contributed by atoms with Crippen LogP contribution in [-0.2, 0) is 17.4 Å². The lowest BCUT2D eigenvalue weighted by Crippen LogP contribution is -2.16. The zero-order valence-electron chi connectivity index (χ0n) is 6.57. The quantitative estimate of drug-likeness (QED) is 0.557. The van der Waals surface area contributed by atoms with Crippen molar-refractivity contribution in [2.45, 2.75) is 11.8 Å². The highest BCUT2D eigenvalue weighted by Gasteiger charge is 1.88. The molecule has 0 amide bonds. The topological polar surface area (TPSA) is 60.4 Å². The molecule has 0 bridgehead atoms. The molecule has 1 rings (SSSR count). The Kier molecular flexibility index (Phi) is 4.96. The third kappa shape index (κ3) is 6.95. The lowest BCUT2D eigenvalue weighted by Gasteiger charge is -1.84. The van der Waals surface area contributed by atoms with Crippen LogP contribution in [0.1, 0.15) is 6.92 Å². The van der Waals surface area contributed by atoms with Crippen LogP contribution in [0.25, 0.3) is 0 Å². The van der Waals surface area contributed by atoms with Gasteiger partial charge in [0.2, 0.25) is 0 Å². The highest BCUT2D eigenvalue weighted by Crippen LogP contribution is 2.07. The van der Waals surface area contributed by atoms with Gasteiger partial charge in [-0.2, -0.15) is 0 Å². The number of carbonyl (C=O) groups is 1. The zero-order valence-corrected chi connectivity index (χ0v) is 7.57. The van der Waals surface area contributed by atoms with Gasteiger partial charge >= 0.3 is 0 Å². The molecule has 0 heterocycles. The van der Waals surface area contributed by atoms with Gasteiger partial charge in [-0.3, -0.25) is 0 Å². The van der Waals surface area contributed by atoms with E-state index in [1.165, 1.54) is 0 Å². The Morgan fingerprint density at radius 3 is 2.00 bits per heavy atom. The van der Waals surface area contributed by atoms with Crippen LogP contribution in [0, 0.1) is 0 Å². The fraction of sp³-hybridized carbons (Fsp3) is 0.125. The molecule has 0 radical (unpaired) electrons. The second kappa shape index (κ2) is 5.49. The summed E-state index contributed by atoms with van der Waals surface area (Å²) in [7, 11) is 0. The van der Waals surface area contributed by atoms with Crippen molar-refractivity contribution in [2.75, 3.05) is 0 Å². The van der Waals surface area contributed by atoms with Crippen molar-refractivity contribution in [3.05, 3.63) is 24.3 Å². The van der Waals surface area contributed by atoms with Crippen molar-refractivity contribution in [1.29, 1.82) is 0 Å². The van der Waals surface area contributed by atoms with Gasteiger partial charge in [0, 0.05) is 5.97 Å². The normalized spacial score (nSPS) is 8.17. The SMILES string of the molecule is CC(=O)[O-].Oc1ccc([SH2+])cc1. The first-order valence-corrected chi connectivity index (χ1v) is 3.70. The molecule has 0 saturated carbocycles. The number of rotatable bonds is 0. The van der Waals surface area contributed by atoms with Gasteiger partial charge in [0.25, 0.3) is 0 Å². The number of aliphatic carboxylic acids is 1. The van der Waals surface area contributed by atoms with Gasteiger partial charge in [-0.05, 0) is 43.8 Å². The van der Waals surface area contributed by atoms with Crippen molar-refractivity contribution in [3.8, 4) is 5.75 Å². The molecule has 1 N–H and O–H groups in total.